The first-order valence-electron chi connectivity index (χ1n) is 9.70. The van der Waals surface area contributed by atoms with Gasteiger partial charge in [-0.15, -0.1) is 0 Å². The van der Waals surface area contributed by atoms with Gasteiger partial charge in [-0.05, 0) is 12.1 Å². The van der Waals surface area contributed by atoms with Crippen molar-refractivity contribution in [3.05, 3.63) is 71.5 Å². The number of ether oxygens (including phenoxy) is 3. The van der Waals surface area contributed by atoms with Crippen LogP contribution in [0.4, 0.5) is 0 Å². The predicted molar refractivity (Wildman–Crippen MR) is 109 cm³/mol. The van der Waals surface area contributed by atoms with E-state index in [1.54, 1.807) is 37.3 Å². The number of nitrogens with zero attached hydrogens (tertiary/aromatic N) is 3. The Morgan fingerprint density at radius 3 is 2.63 bits per heavy atom. The molecule has 152 valence electrons. The Hall–Kier alpha value is -3.45. The Labute approximate surface area is 174 Å². The molecular weight excluding hydrogens is 382 g/mol. The van der Waals surface area contributed by atoms with Crippen molar-refractivity contribution in [1.82, 2.24) is 14.9 Å². The number of benzene rings is 2. The summed E-state index contributed by atoms with van der Waals surface area (Å²) in [5.74, 6) is 1.72. The van der Waals surface area contributed by atoms with Crippen LogP contribution >= 0.6 is 0 Å². The van der Waals surface area contributed by atoms with E-state index in [4.69, 9.17) is 19.2 Å². The highest BCUT2D eigenvalue weighted by Crippen LogP contribution is 2.44. The van der Waals surface area contributed by atoms with Crippen LogP contribution in [0.1, 0.15) is 21.6 Å². The number of methoxy groups -OCH3 is 2. The molecule has 7 nitrogen and oxygen atoms in total. The first-order valence-corrected chi connectivity index (χ1v) is 9.70. The molecule has 3 aromatic rings. The molecule has 0 aliphatic carbocycles. The highest BCUT2D eigenvalue weighted by atomic mass is 16.5. The number of fused-ring (bicyclic) bond motifs is 2. The van der Waals surface area contributed by atoms with Crippen LogP contribution in [0.25, 0.3) is 11.4 Å². The number of carbonyl (C=O) groups is 1. The van der Waals surface area contributed by atoms with Crippen LogP contribution in [0.2, 0.25) is 0 Å². The molecule has 1 amide bonds. The third kappa shape index (κ3) is 2.90. The Kier molecular flexibility index (Phi) is 4.40. The van der Waals surface area contributed by atoms with Crippen LogP contribution in [0.3, 0.4) is 0 Å². The molecule has 1 saturated heterocycles. The normalized spacial score (nSPS) is 16.1. The van der Waals surface area contributed by atoms with Crippen molar-refractivity contribution in [2.45, 2.75) is 12.2 Å². The summed E-state index contributed by atoms with van der Waals surface area (Å²) in [5, 5.41) is 0. The van der Waals surface area contributed by atoms with Crippen molar-refractivity contribution in [2.75, 3.05) is 27.3 Å². The van der Waals surface area contributed by atoms with Gasteiger partial charge in [0.1, 0.15) is 17.1 Å². The molecule has 2 aliphatic heterocycles. The molecule has 0 saturated carbocycles. The van der Waals surface area contributed by atoms with E-state index in [0.29, 0.717) is 42.6 Å². The zero-order valence-corrected chi connectivity index (χ0v) is 16.8. The molecule has 1 aromatic heterocycles. The van der Waals surface area contributed by atoms with E-state index in [9.17, 15) is 4.79 Å². The molecule has 0 unspecified atom stereocenters. The molecule has 0 atom stereocenters. The summed E-state index contributed by atoms with van der Waals surface area (Å²) in [6.45, 7) is 1.34. The molecule has 2 aromatic carbocycles. The van der Waals surface area contributed by atoms with Crippen LogP contribution in [-0.2, 0) is 16.9 Å². The monoisotopic (exact) mass is 403 g/mol. The van der Waals surface area contributed by atoms with E-state index in [2.05, 4.69) is 4.98 Å². The van der Waals surface area contributed by atoms with E-state index in [1.807, 2.05) is 36.5 Å². The van der Waals surface area contributed by atoms with Crippen molar-refractivity contribution in [1.29, 1.82) is 0 Å². The molecule has 2 aliphatic rings. The van der Waals surface area contributed by atoms with Crippen molar-refractivity contribution >= 4 is 5.91 Å². The lowest BCUT2D eigenvalue weighted by molar-refractivity contribution is -0.126. The maximum atomic E-state index is 13.0. The maximum absolute atomic E-state index is 13.0. The summed E-state index contributed by atoms with van der Waals surface area (Å²) in [5.41, 5.74) is 2.80. The summed E-state index contributed by atoms with van der Waals surface area (Å²) < 4.78 is 16.7. The zero-order chi connectivity index (χ0) is 20.7. The smallest absolute Gasteiger partial charge is 0.257 e. The Morgan fingerprint density at radius 2 is 1.90 bits per heavy atom. The van der Waals surface area contributed by atoms with Gasteiger partial charge in [-0.25, -0.2) is 9.97 Å². The van der Waals surface area contributed by atoms with Crippen LogP contribution in [0.15, 0.2) is 54.7 Å². The molecule has 0 bridgehead atoms. The highest BCUT2D eigenvalue weighted by Gasteiger charge is 2.53. The molecule has 5 rings (SSSR count). The molecule has 0 radical (unpaired) electrons. The summed E-state index contributed by atoms with van der Waals surface area (Å²) in [6.07, 6.45) is 1.84. The van der Waals surface area contributed by atoms with Crippen LogP contribution < -0.4 is 9.47 Å². The lowest BCUT2D eigenvalue weighted by Crippen LogP contribution is -2.61. The van der Waals surface area contributed by atoms with Gasteiger partial charge in [-0.3, -0.25) is 4.79 Å². The lowest BCUT2D eigenvalue weighted by Gasteiger charge is -2.47. The highest BCUT2D eigenvalue weighted by molar-refractivity contribution is 5.98. The lowest BCUT2D eigenvalue weighted by atomic mass is 9.87. The topological polar surface area (TPSA) is 73.8 Å². The van der Waals surface area contributed by atoms with Crippen molar-refractivity contribution in [3.63, 3.8) is 0 Å². The van der Waals surface area contributed by atoms with Gasteiger partial charge in [0.15, 0.2) is 5.82 Å². The zero-order valence-electron chi connectivity index (χ0n) is 16.8. The minimum absolute atomic E-state index is 0.0981. The van der Waals surface area contributed by atoms with Gasteiger partial charge in [0.25, 0.3) is 5.91 Å². The molecule has 0 N–H and O–H groups in total. The number of amides is 1. The summed E-state index contributed by atoms with van der Waals surface area (Å²) in [6, 6.07) is 15.1. The molecule has 3 heterocycles. The minimum atomic E-state index is -0.528. The summed E-state index contributed by atoms with van der Waals surface area (Å²) >= 11 is 0. The fourth-order valence-corrected chi connectivity index (χ4v) is 4.04. The van der Waals surface area contributed by atoms with E-state index in [0.717, 1.165) is 16.8 Å². The number of rotatable bonds is 4. The van der Waals surface area contributed by atoms with Crippen molar-refractivity contribution < 1.29 is 19.0 Å². The van der Waals surface area contributed by atoms with Gasteiger partial charge in [-0.1, -0.05) is 30.3 Å². The second-order valence-corrected chi connectivity index (χ2v) is 7.43. The fraction of sp³-hybridized carbons (Fsp3) is 0.261. The van der Waals surface area contributed by atoms with Crippen LogP contribution in [0, 0.1) is 0 Å². The average Bonchev–Trinajstić information content (AvgIpc) is 3.17. The van der Waals surface area contributed by atoms with E-state index < -0.39 is 5.60 Å². The van der Waals surface area contributed by atoms with Gasteiger partial charge >= 0.3 is 0 Å². The van der Waals surface area contributed by atoms with E-state index in [-0.39, 0.29) is 5.91 Å². The van der Waals surface area contributed by atoms with E-state index >= 15 is 0 Å². The van der Waals surface area contributed by atoms with Gasteiger partial charge in [0.05, 0.1) is 45.2 Å². The molecule has 7 heteroatoms. The second-order valence-electron chi connectivity index (χ2n) is 7.43. The van der Waals surface area contributed by atoms with Gasteiger partial charge in [0.2, 0.25) is 0 Å². The fourth-order valence-electron chi connectivity index (χ4n) is 4.04. The van der Waals surface area contributed by atoms with Crippen LogP contribution in [-0.4, -0.2) is 48.1 Å². The first-order chi connectivity index (χ1) is 14.6. The number of likely N-dealkylation sites (tertiary alicyclic amines) is 1. The molecule has 30 heavy (non-hydrogen) atoms. The molecule has 1 spiro atoms. The van der Waals surface area contributed by atoms with Gasteiger partial charge in [0, 0.05) is 23.4 Å². The average molecular weight is 403 g/mol. The predicted octanol–water partition coefficient (Wildman–Crippen LogP) is 3.04. The minimum Gasteiger partial charge on any atom is -0.497 e. The maximum Gasteiger partial charge on any atom is 0.257 e. The quantitative estimate of drug-likeness (QED) is 0.667. The van der Waals surface area contributed by atoms with Crippen LogP contribution in [0.5, 0.6) is 11.5 Å². The standard InChI is InChI=1S/C23H21N3O4/c1-28-16-8-9-17(20(10-16)29-2)22(27)26-13-23(14-26)18-11-24-21(25-19(18)12-30-23)15-6-4-3-5-7-15/h3-11H,12-14H2,1-2H3. The number of hydrogen-bond donors (Lipinski definition) is 0. The Balaban J connectivity index is 1.36. The van der Waals surface area contributed by atoms with Gasteiger partial charge < -0.3 is 19.1 Å². The summed E-state index contributed by atoms with van der Waals surface area (Å²) in [7, 11) is 3.12. The largest absolute Gasteiger partial charge is 0.497 e. The first kappa shape index (κ1) is 18.6. The second kappa shape index (κ2) is 7.11. The number of aromatic nitrogens is 2. The van der Waals surface area contributed by atoms with Crippen molar-refractivity contribution in [2.24, 2.45) is 0 Å². The molecular formula is C23H21N3O4. The van der Waals surface area contributed by atoms with Crippen molar-refractivity contribution in [3.8, 4) is 22.9 Å². The Bertz CT molecular complexity index is 1110. The summed E-state index contributed by atoms with van der Waals surface area (Å²) in [4.78, 5) is 24.0. The molecule has 1 fully saturated rings. The van der Waals surface area contributed by atoms with E-state index in [1.165, 1.54) is 0 Å². The Morgan fingerprint density at radius 1 is 1.10 bits per heavy atom. The number of carbonyl (C=O) groups excluding carboxylic acids is 1. The third-order valence-electron chi connectivity index (χ3n) is 5.69. The number of hydrogen-bond acceptors (Lipinski definition) is 6. The van der Waals surface area contributed by atoms with Gasteiger partial charge in [-0.2, -0.15) is 0 Å². The SMILES string of the molecule is COc1ccc(C(=O)N2CC3(C2)OCc2nc(-c4ccccc4)ncc23)c(OC)c1. The third-order valence-corrected chi connectivity index (χ3v) is 5.69.